The highest BCUT2D eigenvalue weighted by Crippen LogP contribution is 2.39. The number of nitrogens with zero attached hydrogens (tertiary/aromatic N) is 4. The SMILES string of the molecule is N#Cc1ccc(OC2CCC(NC(=O)c3ccc(N4CCC(CN5CCCC5COc5ccc6c(c5[C@@H]5CCC(=O)NC5=O)C(=O)NC6=O)CC4)cc3)CC2)c2cccnc12. The fraction of sp³-hybridized carbons (Fsp3) is 0.426. The molecule has 9 rings (SSSR count). The van der Waals surface area contributed by atoms with Gasteiger partial charge in [0.25, 0.3) is 17.7 Å². The zero-order valence-corrected chi connectivity index (χ0v) is 34.0. The van der Waals surface area contributed by atoms with E-state index in [1.54, 1.807) is 24.4 Å². The molecule has 4 aliphatic heterocycles. The Labute approximate surface area is 354 Å². The molecule has 314 valence electrons. The number of amides is 5. The fourth-order valence-corrected chi connectivity index (χ4v) is 9.86. The molecule has 5 amide bonds. The van der Waals surface area contributed by atoms with Crippen molar-refractivity contribution in [3.05, 3.63) is 94.7 Å². The molecular weight excluding hydrogens is 775 g/mol. The number of ether oxygens (including phenoxy) is 2. The lowest BCUT2D eigenvalue weighted by molar-refractivity contribution is -0.134. The van der Waals surface area contributed by atoms with Crippen molar-refractivity contribution in [3.8, 4) is 17.6 Å². The van der Waals surface area contributed by atoms with E-state index in [0.717, 1.165) is 94.4 Å². The van der Waals surface area contributed by atoms with Crippen LogP contribution in [0.2, 0.25) is 0 Å². The lowest BCUT2D eigenvalue weighted by Gasteiger charge is -2.36. The summed E-state index contributed by atoms with van der Waals surface area (Å²) in [5.74, 6) is -1.05. The quantitative estimate of drug-likeness (QED) is 0.165. The second kappa shape index (κ2) is 17.3. The van der Waals surface area contributed by atoms with E-state index in [1.165, 1.54) is 0 Å². The monoisotopic (exact) mass is 823 g/mol. The van der Waals surface area contributed by atoms with Gasteiger partial charge in [-0.1, -0.05) is 0 Å². The molecule has 14 nitrogen and oxygen atoms in total. The molecule has 4 fully saturated rings. The predicted molar refractivity (Wildman–Crippen MR) is 225 cm³/mol. The Morgan fingerprint density at radius 1 is 0.852 bits per heavy atom. The number of pyridine rings is 1. The van der Waals surface area contributed by atoms with E-state index in [1.807, 2.05) is 42.5 Å². The molecular formula is C47H49N7O7. The van der Waals surface area contributed by atoms with Crippen molar-refractivity contribution in [1.82, 2.24) is 25.8 Å². The summed E-state index contributed by atoms with van der Waals surface area (Å²) in [6.45, 7) is 4.17. The van der Waals surface area contributed by atoms with Crippen LogP contribution in [0.25, 0.3) is 10.9 Å². The number of fused-ring (bicyclic) bond motifs is 2. The molecule has 61 heavy (non-hydrogen) atoms. The minimum Gasteiger partial charge on any atom is -0.492 e. The summed E-state index contributed by atoms with van der Waals surface area (Å²) in [7, 11) is 0. The number of nitriles is 1. The third kappa shape index (κ3) is 8.39. The molecule has 0 spiro atoms. The molecule has 14 heteroatoms. The maximum atomic E-state index is 13.3. The van der Waals surface area contributed by atoms with Crippen LogP contribution in [-0.4, -0.2) is 90.4 Å². The molecule has 0 bridgehead atoms. The molecule has 0 radical (unpaired) electrons. The normalized spacial score (nSPS) is 23.3. The van der Waals surface area contributed by atoms with Crippen molar-refractivity contribution in [3.63, 3.8) is 0 Å². The fourth-order valence-electron chi connectivity index (χ4n) is 9.86. The van der Waals surface area contributed by atoms with E-state index in [2.05, 4.69) is 36.8 Å². The van der Waals surface area contributed by atoms with Crippen molar-refractivity contribution in [2.45, 2.75) is 88.3 Å². The van der Waals surface area contributed by atoms with Crippen LogP contribution < -0.4 is 30.3 Å². The minimum absolute atomic E-state index is 0.0305. The van der Waals surface area contributed by atoms with Gasteiger partial charge < -0.3 is 19.7 Å². The number of piperidine rings is 2. The number of carbonyl (C=O) groups excluding carboxylic acids is 5. The molecule has 1 saturated carbocycles. The van der Waals surface area contributed by atoms with E-state index >= 15 is 0 Å². The van der Waals surface area contributed by atoms with Crippen LogP contribution in [0, 0.1) is 17.2 Å². The van der Waals surface area contributed by atoms with Gasteiger partial charge in [-0.15, -0.1) is 0 Å². The van der Waals surface area contributed by atoms with Crippen LogP contribution in [0.3, 0.4) is 0 Å². The summed E-state index contributed by atoms with van der Waals surface area (Å²) in [6.07, 6.45) is 9.51. The number of anilines is 1. The Balaban J connectivity index is 0.740. The van der Waals surface area contributed by atoms with Crippen LogP contribution >= 0.6 is 0 Å². The second-order valence-corrected chi connectivity index (χ2v) is 17.0. The van der Waals surface area contributed by atoms with Crippen molar-refractivity contribution >= 4 is 46.1 Å². The van der Waals surface area contributed by atoms with E-state index in [0.29, 0.717) is 40.5 Å². The number of rotatable bonds is 11. The second-order valence-electron chi connectivity index (χ2n) is 17.0. The van der Waals surface area contributed by atoms with Gasteiger partial charge in [0, 0.05) is 66.5 Å². The first-order valence-electron chi connectivity index (χ1n) is 21.6. The number of nitrogens with one attached hydrogen (secondary N) is 3. The van der Waals surface area contributed by atoms with Gasteiger partial charge >= 0.3 is 0 Å². The Kier molecular flexibility index (Phi) is 11.4. The summed E-state index contributed by atoms with van der Waals surface area (Å²) < 4.78 is 12.8. The molecule has 1 aromatic heterocycles. The zero-order chi connectivity index (χ0) is 42.0. The minimum atomic E-state index is -0.766. The van der Waals surface area contributed by atoms with Crippen LogP contribution in [0.1, 0.15) is 112 Å². The molecule has 3 aromatic carbocycles. The number of aromatic nitrogens is 1. The highest BCUT2D eigenvalue weighted by Gasteiger charge is 2.39. The number of benzene rings is 3. The Hall–Kier alpha value is -6.33. The van der Waals surface area contributed by atoms with Gasteiger partial charge in [0.1, 0.15) is 24.2 Å². The summed E-state index contributed by atoms with van der Waals surface area (Å²) in [5, 5.41) is 18.3. The summed E-state index contributed by atoms with van der Waals surface area (Å²) in [5.41, 5.74) is 3.71. The highest BCUT2D eigenvalue weighted by atomic mass is 16.5. The van der Waals surface area contributed by atoms with Gasteiger partial charge in [0.05, 0.1) is 34.2 Å². The summed E-state index contributed by atoms with van der Waals surface area (Å²) in [4.78, 5) is 72.8. The highest BCUT2D eigenvalue weighted by molar-refractivity contribution is 6.23. The lowest BCUT2D eigenvalue weighted by Crippen LogP contribution is -2.42. The number of hydrogen-bond donors (Lipinski definition) is 3. The Morgan fingerprint density at radius 2 is 1.64 bits per heavy atom. The average Bonchev–Trinajstić information content (AvgIpc) is 3.85. The third-order valence-electron chi connectivity index (χ3n) is 13.2. The van der Waals surface area contributed by atoms with E-state index < -0.39 is 23.6 Å². The van der Waals surface area contributed by atoms with Crippen LogP contribution in [-0.2, 0) is 9.59 Å². The zero-order valence-electron chi connectivity index (χ0n) is 34.0. The number of hydrogen-bond acceptors (Lipinski definition) is 11. The van der Waals surface area contributed by atoms with Gasteiger partial charge in [0.15, 0.2) is 0 Å². The van der Waals surface area contributed by atoms with Gasteiger partial charge in [-0.25, -0.2) is 0 Å². The van der Waals surface area contributed by atoms with Gasteiger partial charge in [-0.05, 0) is 131 Å². The summed E-state index contributed by atoms with van der Waals surface area (Å²) >= 11 is 0. The molecule has 3 saturated heterocycles. The molecule has 5 aliphatic rings. The van der Waals surface area contributed by atoms with Gasteiger partial charge in [-0.3, -0.25) is 44.5 Å². The molecule has 1 aliphatic carbocycles. The predicted octanol–water partition coefficient (Wildman–Crippen LogP) is 5.39. The van der Waals surface area contributed by atoms with Crippen LogP contribution in [0.4, 0.5) is 5.69 Å². The smallest absolute Gasteiger partial charge is 0.259 e. The summed E-state index contributed by atoms with van der Waals surface area (Å²) in [6, 6.07) is 21.0. The van der Waals surface area contributed by atoms with Gasteiger partial charge in [-0.2, -0.15) is 5.26 Å². The van der Waals surface area contributed by atoms with E-state index in [4.69, 9.17) is 9.47 Å². The number of carbonyl (C=O) groups is 5. The molecule has 4 aromatic rings. The molecule has 5 heterocycles. The first kappa shape index (κ1) is 40.1. The van der Waals surface area contributed by atoms with E-state index in [-0.39, 0.29) is 54.0 Å². The average molecular weight is 824 g/mol. The Morgan fingerprint density at radius 3 is 2.41 bits per heavy atom. The molecule has 2 atom stereocenters. The van der Waals surface area contributed by atoms with Gasteiger partial charge in [0.2, 0.25) is 11.8 Å². The van der Waals surface area contributed by atoms with Crippen molar-refractivity contribution < 1.29 is 33.4 Å². The van der Waals surface area contributed by atoms with Crippen LogP contribution in [0.5, 0.6) is 11.5 Å². The van der Waals surface area contributed by atoms with Crippen molar-refractivity contribution in [2.24, 2.45) is 5.92 Å². The molecule has 3 N–H and O–H groups in total. The van der Waals surface area contributed by atoms with Crippen molar-refractivity contribution in [2.75, 3.05) is 37.7 Å². The van der Waals surface area contributed by atoms with Crippen LogP contribution in [0.15, 0.2) is 66.9 Å². The maximum Gasteiger partial charge on any atom is 0.259 e. The molecule has 1 unspecified atom stereocenters. The first-order chi connectivity index (χ1) is 29.7. The first-order valence-corrected chi connectivity index (χ1v) is 21.6. The topological polar surface area (TPSA) is 183 Å². The maximum absolute atomic E-state index is 13.3. The third-order valence-corrected chi connectivity index (χ3v) is 13.2. The lowest BCUT2D eigenvalue weighted by atomic mass is 9.85. The van der Waals surface area contributed by atoms with Crippen molar-refractivity contribution in [1.29, 1.82) is 5.26 Å². The Bertz CT molecular complexity index is 2410. The number of imide groups is 2. The number of likely N-dealkylation sites (tertiary alicyclic amines) is 1. The largest absolute Gasteiger partial charge is 0.492 e. The standard InChI is InChI=1S/C47H49N7O7/c48-25-30-7-16-38(35-4-1-21-49-43(30)35)61-34-12-8-31(9-13-34)50-44(56)29-5-10-32(11-6-29)53-23-19-28(20-24-53)26-54-22-2-3-33(54)27-60-39-17-14-37-42(47(59)52-46(37)58)41(39)36-15-18-40(55)51-45(36)57/h1,4-7,10-11,14,16-17,21,28,31,33-34,36H,2-3,8-9,12-13,15,18-20,22-24,26-27H2,(H,50,56)(H,51,55,57)(H,52,58,59)/t31?,33?,34?,36-/m0/s1. The van der Waals surface area contributed by atoms with E-state index in [9.17, 15) is 29.2 Å².